The summed E-state index contributed by atoms with van der Waals surface area (Å²) in [7, 11) is -3.26. The maximum absolute atomic E-state index is 14.8. The summed E-state index contributed by atoms with van der Waals surface area (Å²) in [5.74, 6) is 0.205. The Hall–Kier alpha value is -1.73. The molecule has 2 aromatic rings. The summed E-state index contributed by atoms with van der Waals surface area (Å²) < 4.78 is 14.8. The van der Waals surface area contributed by atoms with E-state index < -0.39 is 7.14 Å². The van der Waals surface area contributed by atoms with Gasteiger partial charge in [0, 0.05) is 17.3 Å². The number of hydrogen-bond acceptors (Lipinski definition) is 3. The molecular formula is C26H39O3P. The number of aromatic hydroxyl groups is 2. The van der Waals surface area contributed by atoms with Crippen LogP contribution in [0.4, 0.5) is 0 Å². The summed E-state index contributed by atoms with van der Waals surface area (Å²) in [5, 5.41) is 23.5. The highest BCUT2D eigenvalue weighted by molar-refractivity contribution is 7.79. The Morgan fingerprint density at radius 3 is 1.43 bits per heavy atom. The molecule has 166 valence electrons. The molecule has 0 fully saturated rings. The monoisotopic (exact) mass is 430 g/mol. The third kappa shape index (κ3) is 4.78. The van der Waals surface area contributed by atoms with Crippen LogP contribution in [0.5, 0.6) is 11.5 Å². The van der Waals surface area contributed by atoms with Crippen molar-refractivity contribution < 1.29 is 14.8 Å². The molecule has 2 aromatic carbocycles. The smallest absolute Gasteiger partial charge is 0.150 e. The molecule has 0 aromatic heterocycles. The lowest BCUT2D eigenvalue weighted by atomic mass is 9.85. The van der Waals surface area contributed by atoms with E-state index in [0.29, 0.717) is 16.8 Å². The standard InChI is InChI=1S/C26H39O3P/c1-10-11-12-30(29,21-15-17(2)13-19(23(21)27)25(4,5)6)22-16-18(3)14-20(24(22)28)26(7,8)9/h13-16,27-28H,10-12H2,1-9H3. The molecule has 0 bridgehead atoms. The molecule has 0 aliphatic carbocycles. The average Bonchev–Trinajstić information content (AvgIpc) is 2.61. The first kappa shape index (κ1) is 24.5. The van der Waals surface area contributed by atoms with Crippen LogP contribution in [0.2, 0.25) is 0 Å². The number of aryl methyl sites for hydroxylation is 2. The van der Waals surface area contributed by atoms with Gasteiger partial charge in [-0.2, -0.15) is 0 Å². The zero-order chi connectivity index (χ0) is 23.1. The van der Waals surface area contributed by atoms with Gasteiger partial charge < -0.3 is 14.8 Å². The zero-order valence-corrected chi connectivity index (χ0v) is 21.1. The van der Waals surface area contributed by atoms with E-state index in [-0.39, 0.29) is 22.3 Å². The van der Waals surface area contributed by atoms with Crippen LogP contribution in [0.15, 0.2) is 24.3 Å². The van der Waals surface area contributed by atoms with Gasteiger partial charge >= 0.3 is 0 Å². The van der Waals surface area contributed by atoms with Gasteiger partial charge in [0.2, 0.25) is 0 Å². The summed E-state index contributed by atoms with van der Waals surface area (Å²) in [5.41, 5.74) is 2.94. The number of unbranched alkanes of at least 4 members (excludes halogenated alkanes) is 1. The fraction of sp³-hybridized carbons (Fsp3) is 0.538. The third-order valence-electron chi connectivity index (χ3n) is 5.69. The minimum absolute atomic E-state index is 0.103. The Morgan fingerprint density at radius 2 is 1.13 bits per heavy atom. The Morgan fingerprint density at radius 1 is 0.767 bits per heavy atom. The van der Waals surface area contributed by atoms with E-state index in [2.05, 4.69) is 6.92 Å². The lowest BCUT2D eigenvalue weighted by molar-refractivity contribution is 0.449. The average molecular weight is 431 g/mol. The summed E-state index contributed by atoms with van der Waals surface area (Å²) in [6.07, 6.45) is 2.07. The van der Waals surface area contributed by atoms with Crippen LogP contribution in [-0.2, 0) is 15.4 Å². The molecule has 0 atom stereocenters. The molecule has 0 spiro atoms. The Bertz CT molecular complexity index is 902. The number of phenols is 2. The molecular weight excluding hydrogens is 391 g/mol. The van der Waals surface area contributed by atoms with Crippen molar-refractivity contribution in [1.29, 1.82) is 0 Å². The largest absolute Gasteiger partial charge is 0.507 e. The lowest BCUT2D eigenvalue weighted by Gasteiger charge is -2.29. The fourth-order valence-corrected chi connectivity index (χ4v) is 7.22. The molecule has 0 amide bonds. The third-order valence-corrected chi connectivity index (χ3v) is 8.87. The topological polar surface area (TPSA) is 57.5 Å². The van der Waals surface area contributed by atoms with E-state index in [0.717, 1.165) is 35.1 Å². The second-order valence-corrected chi connectivity index (χ2v) is 13.6. The van der Waals surface area contributed by atoms with Crippen molar-refractivity contribution in [2.75, 3.05) is 6.16 Å². The molecule has 0 saturated heterocycles. The summed E-state index contributed by atoms with van der Waals surface area (Å²) in [6, 6.07) is 7.64. The van der Waals surface area contributed by atoms with E-state index in [4.69, 9.17) is 0 Å². The van der Waals surface area contributed by atoms with Gasteiger partial charge in [-0.1, -0.05) is 67.0 Å². The summed E-state index contributed by atoms with van der Waals surface area (Å²) in [4.78, 5) is 0. The van der Waals surface area contributed by atoms with Crippen LogP contribution in [0.1, 0.15) is 83.6 Å². The van der Waals surface area contributed by atoms with Gasteiger partial charge in [0.1, 0.15) is 11.5 Å². The highest BCUT2D eigenvalue weighted by atomic mass is 31.2. The predicted octanol–water partition coefficient (Wildman–Crippen LogP) is 6.42. The van der Waals surface area contributed by atoms with Crippen LogP contribution in [0.25, 0.3) is 0 Å². The molecule has 2 rings (SSSR count). The maximum atomic E-state index is 14.8. The van der Waals surface area contributed by atoms with E-state index in [1.165, 1.54) is 0 Å². The van der Waals surface area contributed by atoms with Gasteiger partial charge in [0.25, 0.3) is 0 Å². The molecule has 0 aliphatic rings. The number of benzene rings is 2. The first-order valence-corrected chi connectivity index (χ1v) is 12.8. The van der Waals surface area contributed by atoms with Gasteiger partial charge in [-0.3, -0.25) is 0 Å². The van der Waals surface area contributed by atoms with Gasteiger partial charge in [0.05, 0.1) is 10.6 Å². The quantitative estimate of drug-likeness (QED) is 0.538. The molecule has 2 N–H and O–H groups in total. The molecule has 4 heteroatoms. The lowest BCUT2D eigenvalue weighted by Crippen LogP contribution is -2.25. The minimum atomic E-state index is -3.26. The summed E-state index contributed by atoms with van der Waals surface area (Å²) in [6.45, 7) is 18.3. The second-order valence-electron chi connectivity index (χ2n) is 10.7. The number of rotatable bonds is 5. The van der Waals surface area contributed by atoms with E-state index in [9.17, 15) is 14.8 Å². The van der Waals surface area contributed by atoms with Crippen LogP contribution in [-0.4, -0.2) is 16.4 Å². The van der Waals surface area contributed by atoms with Crippen molar-refractivity contribution in [2.45, 2.75) is 86.0 Å². The van der Waals surface area contributed by atoms with Crippen LogP contribution < -0.4 is 10.6 Å². The Labute approximate surface area is 182 Å². The molecule has 0 saturated carbocycles. The number of hydrogen-bond donors (Lipinski definition) is 2. The van der Waals surface area contributed by atoms with Crippen molar-refractivity contribution in [1.82, 2.24) is 0 Å². The van der Waals surface area contributed by atoms with Crippen LogP contribution in [0, 0.1) is 13.8 Å². The van der Waals surface area contributed by atoms with Crippen LogP contribution in [0.3, 0.4) is 0 Å². The molecule has 0 unspecified atom stereocenters. The highest BCUT2D eigenvalue weighted by Crippen LogP contribution is 2.52. The van der Waals surface area contributed by atoms with Crippen LogP contribution >= 0.6 is 7.14 Å². The van der Waals surface area contributed by atoms with Gasteiger partial charge in [-0.05, 0) is 54.4 Å². The highest BCUT2D eigenvalue weighted by Gasteiger charge is 2.36. The van der Waals surface area contributed by atoms with Crippen molar-refractivity contribution in [2.24, 2.45) is 0 Å². The maximum Gasteiger partial charge on any atom is 0.150 e. The molecule has 0 aliphatic heterocycles. The zero-order valence-electron chi connectivity index (χ0n) is 20.2. The first-order chi connectivity index (χ1) is 13.6. The minimum Gasteiger partial charge on any atom is -0.507 e. The van der Waals surface area contributed by atoms with E-state index in [1.54, 1.807) is 0 Å². The normalized spacial score (nSPS) is 13.0. The van der Waals surface area contributed by atoms with Gasteiger partial charge in [0.15, 0.2) is 7.14 Å². The van der Waals surface area contributed by atoms with E-state index in [1.807, 2.05) is 79.7 Å². The van der Waals surface area contributed by atoms with Gasteiger partial charge in [-0.25, -0.2) is 0 Å². The molecule has 0 radical (unpaired) electrons. The molecule has 0 heterocycles. The first-order valence-electron chi connectivity index (χ1n) is 10.9. The molecule has 30 heavy (non-hydrogen) atoms. The van der Waals surface area contributed by atoms with Crippen molar-refractivity contribution >= 4 is 17.8 Å². The Kier molecular flexibility index (Phi) is 6.89. The van der Waals surface area contributed by atoms with Crippen molar-refractivity contribution in [3.05, 3.63) is 46.5 Å². The molecule has 3 nitrogen and oxygen atoms in total. The summed E-state index contributed by atoms with van der Waals surface area (Å²) >= 11 is 0. The predicted molar refractivity (Wildman–Crippen MR) is 130 cm³/mol. The Balaban J connectivity index is 2.93. The number of phenolic OH excluding ortho intramolecular Hbond substituents is 2. The van der Waals surface area contributed by atoms with E-state index >= 15 is 0 Å². The van der Waals surface area contributed by atoms with Crippen molar-refractivity contribution in [3.8, 4) is 11.5 Å². The fourth-order valence-electron chi connectivity index (χ4n) is 3.96. The SMILES string of the molecule is CCCCP(=O)(c1cc(C)cc(C(C)(C)C)c1O)c1cc(C)cc(C(C)(C)C)c1O. The van der Waals surface area contributed by atoms with Gasteiger partial charge in [-0.15, -0.1) is 0 Å². The second kappa shape index (κ2) is 8.42. The van der Waals surface area contributed by atoms with Crippen molar-refractivity contribution in [3.63, 3.8) is 0 Å².